The number of anilines is 1. The zero-order valence-electron chi connectivity index (χ0n) is 19.6. The summed E-state index contributed by atoms with van der Waals surface area (Å²) >= 11 is 0. The summed E-state index contributed by atoms with van der Waals surface area (Å²) in [5.41, 5.74) is 2.68. The van der Waals surface area contributed by atoms with Gasteiger partial charge in [-0.25, -0.2) is 4.90 Å². The first-order valence-electron chi connectivity index (χ1n) is 11.6. The van der Waals surface area contributed by atoms with Gasteiger partial charge in [-0.15, -0.1) is 0 Å². The zero-order valence-corrected chi connectivity index (χ0v) is 19.6. The molecule has 0 spiro atoms. The molecule has 2 heterocycles. The predicted molar refractivity (Wildman–Crippen MR) is 135 cm³/mol. The summed E-state index contributed by atoms with van der Waals surface area (Å²) in [6.45, 7) is 2.95. The highest BCUT2D eigenvalue weighted by molar-refractivity contribution is 6.34. The Kier molecular flexibility index (Phi) is 6.28. The summed E-state index contributed by atoms with van der Waals surface area (Å²) in [6.07, 6.45) is 1.86. The van der Waals surface area contributed by atoms with Gasteiger partial charge in [0.25, 0.3) is 17.7 Å². The van der Waals surface area contributed by atoms with Gasteiger partial charge in [0.2, 0.25) is 0 Å². The molecule has 0 atom stereocenters. The summed E-state index contributed by atoms with van der Waals surface area (Å²) in [4.78, 5) is 44.6. The highest BCUT2D eigenvalue weighted by Crippen LogP contribution is 2.30. The van der Waals surface area contributed by atoms with Crippen LogP contribution in [-0.2, 0) is 6.54 Å². The van der Waals surface area contributed by atoms with Crippen LogP contribution in [0.15, 0.2) is 102 Å². The molecule has 1 aliphatic heterocycles. The Bertz CT molecular complexity index is 1520. The van der Waals surface area contributed by atoms with Crippen molar-refractivity contribution in [2.75, 3.05) is 11.5 Å². The molecule has 0 N–H and O–H groups in total. The quantitative estimate of drug-likeness (QED) is 0.384. The number of ether oxygens (including phenoxy) is 1. The van der Waals surface area contributed by atoms with Gasteiger partial charge in [0.15, 0.2) is 0 Å². The zero-order chi connectivity index (χ0) is 25.1. The van der Waals surface area contributed by atoms with Crippen molar-refractivity contribution in [2.45, 2.75) is 13.5 Å². The van der Waals surface area contributed by atoms with Gasteiger partial charge in [-0.1, -0.05) is 36.4 Å². The average Bonchev–Trinajstić information content (AvgIpc) is 3.15. The maximum atomic E-state index is 13.1. The Balaban J connectivity index is 1.43. The molecule has 3 amide bonds. The van der Waals surface area contributed by atoms with Crippen molar-refractivity contribution in [3.05, 3.63) is 125 Å². The minimum Gasteiger partial charge on any atom is -0.494 e. The molecule has 0 saturated heterocycles. The first-order valence-corrected chi connectivity index (χ1v) is 11.6. The standard InChI is InChI=1S/C29H23N3O4/c1-2-36-23-14-12-22(13-15-23)32-28(34)24-16-11-21(18-25(24)29(32)35)27(33)30-26-10-6-7-17-31(26)19-20-8-4-3-5-9-20/h3-18H,2,19H2,1H3. The van der Waals surface area contributed by atoms with E-state index >= 15 is 0 Å². The molecule has 3 aromatic carbocycles. The van der Waals surface area contributed by atoms with E-state index < -0.39 is 17.7 Å². The van der Waals surface area contributed by atoms with Crippen LogP contribution in [0.3, 0.4) is 0 Å². The number of aromatic nitrogens is 1. The number of hydrogen-bond donors (Lipinski definition) is 0. The van der Waals surface area contributed by atoms with Crippen LogP contribution in [0.4, 0.5) is 5.69 Å². The second-order valence-corrected chi connectivity index (χ2v) is 8.22. The van der Waals surface area contributed by atoms with E-state index in [1.54, 1.807) is 30.3 Å². The Labute approximate surface area is 207 Å². The highest BCUT2D eigenvalue weighted by Gasteiger charge is 2.37. The number of imide groups is 1. The molecule has 5 rings (SSSR count). The van der Waals surface area contributed by atoms with Crippen LogP contribution >= 0.6 is 0 Å². The lowest BCUT2D eigenvalue weighted by atomic mass is 10.1. The molecular formula is C29H23N3O4. The maximum Gasteiger partial charge on any atom is 0.278 e. The SMILES string of the molecule is CCOc1ccc(N2C(=O)c3ccc(C(=O)N=c4ccccn4Cc4ccccc4)cc3C2=O)cc1. The van der Waals surface area contributed by atoms with Gasteiger partial charge < -0.3 is 9.30 Å². The van der Waals surface area contributed by atoms with Gasteiger partial charge in [0.1, 0.15) is 11.2 Å². The topological polar surface area (TPSA) is 81.0 Å². The van der Waals surface area contributed by atoms with Gasteiger partial charge >= 0.3 is 0 Å². The third-order valence-electron chi connectivity index (χ3n) is 5.87. The lowest BCUT2D eigenvalue weighted by Gasteiger charge is -2.14. The van der Waals surface area contributed by atoms with Gasteiger partial charge in [0.05, 0.1) is 23.4 Å². The molecule has 7 nitrogen and oxygen atoms in total. The second-order valence-electron chi connectivity index (χ2n) is 8.22. The molecule has 7 heteroatoms. The molecule has 0 aliphatic carbocycles. The third kappa shape index (κ3) is 4.46. The van der Waals surface area contributed by atoms with Crippen LogP contribution in [0.25, 0.3) is 0 Å². The maximum absolute atomic E-state index is 13.1. The first-order chi connectivity index (χ1) is 17.5. The van der Waals surface area contributed by atoms with E-state index in [0.717, 1.165) is 10.5 Å². The molecule has 4 aromatic rings. The van der Waals surface area contributed by atoms with Gasteiger partial charge in [-0.3, -0.25) is 14.4 Å². The number of pyridine rings is 1. The van der Waals surface area contributed by atoms with E-state index in [9.17, 15) is 14.4 Å². The van der Waals surface area contributed by atoms with Crippen molar-refractivity contribution >= 4 is 23.4 Å². The molecule has 1 aromatic heterocycles. The van der Waals surface area contributed by atoms with Crippen molar-refractivity contribution in [1.82, 2.24) is 4.57 Å². The Hall–Kier alpha value is -4.78. The van der Waals surface area contributed by atoms with E-state index in [1.807, 2.05) is 60.2 Å². The summed E-state index contributed by atoms with van der Waals surface area (Å²) in [6, 6.07) is 26.6. The Morgan fingerprint density at radius 2 is 1.56 bits per heavy atom. The van der Waals surface area contributed by atoms with E-state index in [1.165, 1.54) is 18.2 Å². The van der Waals surface area contributed by atoms with Crippen LogP contribution in [0.5, 0.6) is 5.75 Å². The van der Waals surface area contributed by atoms with Gasteiger partial charge in [-0.2, -0.15) is 4.99 Å². The fourth-order valence-electron chi connectivity index (χ4n) is 4.12. The van der Waals surface area contributed by atoms with Gasteiger partial charge in [-0.05, 0) is 67.1 Å². The molecule has 0 saturated carbocycles. The van der Waals surface area contributed by atoms with Crippen LogP contribution in [0.2, 0.25) is 0 Å². The minimum absolute atomic E-state index is 0.181. The van der Waals surface area contributed by atoms with Crippen molar-refractivity contribution < 1.29 is 19.1 Å². The Morgan fingerprint density at radius 1 is 0.833 bits per heavy atom. The fourth-order valence-corrected chi connectivity index (χ4v) is 4.12. The smallest absolute Gasteiger partial charge is 0.278 e. The molecule has 0 radical (unpaired) electrons. The van der Waals surface area contributed by atoms with E-state index in [0.29, 0.717) is 30.1 Å². The molecule has 0 bridgehead atoms. The van der Waals surface area contributed by atoms with E-state index in [4.69, 9.17) is 4.74 Å². The molecular weight excluding hydrogens is 454 g/mol. The Morgan fingerprint density at radius 3 is 2.31 bits per heavy atom. The molecule has 0 unspecified atom stereocenters. The first kappa shape index (κ1) is 23.0. The van der Waals surface area contributed by atoms with Crippen LogP contribution in [-0.4, -0.2) is 28.9 Å². The lowest BCUT2D eigenvalue weighted by Crippen LogP contribution is -2.29. The summed E-state index contributed by atoms with van der Waals surface area (Å²) in [5, 5.41) is 0. The van der Waals surface area contributed by atoms with Crippen molar-refractivity contribution in [2.24, 2.45) is 4.99 Å². The molecule has 36 heavy (non-hydrogen) atoms. The normalized spacial score (nSPS) is 13.1. The highest BCUT2D eigenvalue weighted by atomic mass is 16.5. The second kappa shape index (κ2) is 9.84. The summed E-state index contributed by atoms with van der Waals surface area (Å²) in [5.74, 6) is -0.755. The number of amides is 3. The number of fused-ring (bicyclic) bond motifs is 1. The van der Waals surface area contributed by atoms with Crippen LogP contribution in [0, 0.1) is 0 Å². The van der Waals surface area contributed by atoms with Crippen molar-refractivity contribution in [3.63, 3.8) is 0 Å². The minimum atomic E-state index is -0.495. The van der Waals surface area contributed by atoms with Crippen molar-refractivity contribution in [1.29, 1.82) is 0 Å². The number of nitrogens with zero attached hydrogens (tertiary/aromatic N) is 3. The van der Waals surface area contributed by atoms with E-state index in [2.05, 4.69) is 4.99 Å². The van der Waals surface area contributed by atoms with Crippen LogP contribution < -0.4 is 15.1 Å². The monoisotopic (exact) mass is 477 g/mol. The molecule has 1 aliphatic rings. The molecule has 0 fully saturated rings. The van der Waals surface area contributed by atoms with Crippen LogP contribution in [0.1, 0.15) is 43.6 Å². The van der Waals surface area contributed by atoms with E-state index in [-0.39, 0.29) is 16.7 Å². The number of rotatable bonds is 6. The number of carbonyl (C=O) groups excluding carboxylic acids is 3. The predicted octanol–water partition coefficient (Wildman–Crippen LogP) is 4.48. The van der Waals surface area contributed by atoms with Gasteiger partial charge in [0, 0.05) is 18.3 Å². The summed E-state index contributed by atoms with van der Waals surface area (Å²) < 4.78 is 7.31. The third-order valence-corrected chi connectivity index (χ3v) is 5.87. The number of hydrogen-bond acceptors (Lipinski definition) is 4. The fraction of sp³-hybridized carbons (Fsp3) is 0.103. The average molecular weight is 478 g/mol. The lowest BCUT2D eigenvalue weighted by molar-refractivity contribution is 0.0925. The number of benzene rings is 3. The number of carbonyl (C=O) groups is 3. The summed E-state index contributed by atoms with van der Waals surface area (Å²) in [7, 11) is 0. The largest absolute Gasteiger partial charge is 0.494 e. The molecule has 178 valence electrons. The van der Waals surface area contributed by atoms with Crippen molar-refractivity contribution in [3.8, 4) is 5.75 Å².